The van der Waals surface area contributed by atoms with Gasteiger partial charge in [-0.25, -0.2) is 0 Å². The molecule has 1 atom stereocenters. The number of aryl methyl sites for hydroxylation is 1. The van der Waals surface area contributed by atoms with Crippen molar-refractivity contribution in [2.75, 3.05) is 39.3 Å². The van der Waals surface area contributed by atoms with E-state index >= 15 is 0 Å². The monoisotopic (exact) mass is 395 g/mol. The molecule has 0 amide bonds. The van der Waals surface area contributed by atoms with Crippen LogP contribution in [0.5, 0.6) is 0 Å². The molecule has 2 aliphatic heterocycles. The maximum Gasteiger partial charge on any atom is 0.109 e. The first-order chi connectivity index (χ1) is 14.1. The molecule has 29 heavy (non-hydrogen) atoms. The summed E-state index contributed by atoms with van der Waals surface area (Å²) in [4.78, 5) is 9.44. The second-order valence-corrected chi connectivity index (χ2v) is 8.62. The second kappa shape index (κ2) is 9.35. The summed E-state index contributed by atoms with van der Waals surface area (Å²) in [6.07, 6.45) is 4.61. The molecule has 1 aromatic heterocycles. The molecule has 0 bridgehead atoms. The zero-order valence-electron chi connectivity index (χ0n) is 17.5. The molecule has 3 heterocycles. The molecule has 0 radical (unpaired) electrons. The van der Waals surface area contributed by atoms with E-state index in [1.807, 2.05) is 25.3 Å². The highest BCUT2D eigenvalue weighted by Crippen LogP contribution is 2.31. The van der Waals surface area contributed by atoms with Gasteiger partial charge in [-0.1, -0.05) is 36.4 Å². The number of hydrogen-bond acceptors (Lipinski definition) is 5. The van der Waals surface area contributed by atoms with Crippen LogP contribution in [0.4, 0.5) is 0 Å². The van der Waals surface area contributed by atoms with Crippen LogP contribution in [-0.2, 0) is 16.9 Å². The van der Waals surface area contributed by atoms with Crippen LogP contribution in [0, 0.1) is 6.92 Å². The summed E-state index contributed by atoms with van der Waals surface area (Å²) < 4.78 is 6.17. The average Bonchev–Trinajstić information content (AvgIpc) is 2.96. The Morgan fingerprint density at radius 2 is 1.86 bits per heavy atom. The molecule has 156 valence electrons. The normalized spacial score (nSPS) is 23.6. The number of ether oxygens (including phenoxy) is 1. The number of aromatic nitrogens is 1. The summed E-state index contributed by atoms with van der Waals surface area (Å²) in [5.74, 6) is 0. The number of nitrogens with zero attached hydrogens (tertiary/aromatic N) is 3. The molecule has 2 aromatic rings. The maximum absolute atomic E-state index is 11.1. The lowest BCUT2D eigenvalue weighted by Gasteiger charge is -2.39. The topological polar surface area (TPSA) is 48.8 Å². The van der Waals surface area contributed by atoms with Crippen molar-refractivity contribution in [3.63, 3.8) is 0 Å². The summed E-state index contributed by atoms with van der Waals surface area (Å²) in [6.45, 7) is 8.59. The van der Waals surface area contributed by atoms with Crippen molar-refractivity contribution < 1.29 is 9.84 Å². The average molecular weight is 396 g/mol. The third kappa shape index (κ3) is 5.43. The van der Waals surface area contributed by atoms with Gasteiger partial charge in [-0.2, -0.15) is 0 Å². The summed E-state index contributed by atoms with van der Waals surface area (Å²) in [6, 6.07) is 14.7. The van der Waals surface area contributed by atoms with Crippen molar-refractivity contribution in [3.8, 4) is 0 Å². The van der Waals surface area contributed by atoms with Gasteiger partial charge in [0, 0.05) is 52.1 Å². The predicted octanol–water partition coefficient (Wildman–Crippen LogP) is 2.96. The molecule has 1 N–H and O–H groups in total. The van der Waals surface area contributed by atoms with Gasteiger partial charge in [-0.15, -0.1) is 0 Å². The fourth-order valence-electron chi connectivity index (χ4n) is 4.46. The zero-order valence-corrected chi connectivity index (χ0v) is 17.5. The Kier molecular flexibility index (Phi) is 6.60. The van der Waals surface area contributed by atoms with Gasteiger partial charge in [-0.05, 0) is 43.4 Å². The van der Waals surface area contributed by atoms with E-state index in [4.69, 9.17) is 4.74 Å². The number of piperidine rings is 1. The highest BCUT2D eigenvalue weighted by molar-refractivity contribution is 5.18. The molecule has 1 unspecified atom stereocenters. The minimum Gasteiger partial charge on any atom is -0.383 e. The van der Waals surface area contributed by atoms with E-state index in [1.165, 1.54) is 5.56 Å². The van der Waals surface area contributed by atoms with E-state index in [0.717, 1.165) is 76.4 Å². The van der Waals surface area contributed by atoms with E-state index in [9.17, 15) is 5.11 Å². The first kappa shape index (κ1) is 20.5. The molecule has 2 aliphatic rings. The molecule has 0 saturated carbocycles. The van der Waals surface area contributed by atoms with Crippen LogP contribution < -0.4 is 0 Å². The van der Waals surface area contributed by atoms with E-state index in [2.05, 4.69) is 45.1 Å². The van der Waals surface area contributed by atoms with Crippen LogP contribution in [0.3, 0.4) is 0 Å². The maximum atomic E-state index is 11.1. The van der Waals surface area contributed by atoms with Crippen molar-refractivity contribution >= 4 is 0 Å². The van der Waals surface area contributed by atoms with Gasteiger partial charge in [0.2, 0.25) is 0 Å². The van der Waals surface area contributed by atoms with Gasteiger partial charge < -0.3 is 14.7 Å². The van der Waals surface area contributed by atoms with Gasteiger partial charge in [0.15, 0.2) is 0 Å². The Balaban J connectivity index is 1.30. The molecule has 0 spiro atoms. The summed E-state index contributed by atoms with van der Waals surface area (Å²) >= 11 is 0. The third-order valence-corrected chi connectivity index (χ3v) is 6.22. The Morgan fingerprint density at radius 3 is 2.59 bits per heavy atom. The van der Waals surface area contributed by atoms with Crippen LogP contribution in [0.1, 0.15) is 36.1 Å². The van der Waals surface area contributed by atoms with Gasteiger partial charge in [-0.3, -0.25) is 9.88 Å². The molecule has 2 fully saturated rings. The lowest BCUT2D eigenvalue weighted by atomic mass is 9.87. The molecule has 5 heteroatoms. The van der Waals surface area contributed by atoms with Crippen molar-refractivity contribution in [2.45, 2.75) is 44.4 Å². The van der Waals surface area contributed by atoms with Crippen molar-refractivity contribution in [1.29, 1.82) is 0 Å². The number of benzene rings is 1. The Morgan fingerprint density at radius 1 is 1.07 bits per heavy atom. The molecule has 4 rings (SSSR count). The van der Waals surface area contributed by atoms with E-state index in [1.54, 1.807) is 0 Å². The highest BCUT2D eigenvalue weighted by atomic mass is 16.5. The van der Waals surface area contributed by atoms with Crippen LogP contribution >= 0.6 is 0 Å². The highest BCUT2D eigenvalue weighted by Gasteiger charge is 2.36. The van der Waals surface area contributed by atoms with Crippen molar-refractivity contribution in [2.24, 2.45) is 0 Å². The van der Waals surface area contributed by atoms with Crippen LogP contribution in [-0.4, -0.2) is 65.3 Å². The molecular weight excluding hydrogens is 362 g/mol. The summed E-state index contributed by atoms with van der Waals surface area (Å²) in [7, 11) is 0. The third-order valence-electron chi connectivity index (χ3n) is 6.22. The quantitative estimate of drug-likeness (QED) is 0.844. The first-order valence-corrected chi connectivity index (χ1v) is 10.9. The Hall–Kier alpha value is -1.79. The minimum atomic E-state index is -0.798. The summed E-state index contributed by atoms with van der Waals surface area (Å²) in [5, 5.41) is 11.1. The number of likely N-dealkylation sites (tertiary alicyclic amines) is 1. The molecule has 0 aliphatic carbocycles. The predicted molar refractivity (Wildman–Crippen MR) is 115 cm³/mol. The molecule has 1 aromatic carbocycles. The van der Waals surface area contributed by atoms with E-state index in [-0.39, 0.29) is 6.10 Å². The Labute approximate surface area is 174 Å². The number of aliphatic hydroxyl groups is 1. The first-order valence-electron chi connectivity index (χ1n) is 10.9. The lowest BCUT2D eigenvalue weighted by molar-refractivity contribution is -0.0455. The number of rotatable bonds is 5. The van der Waals surface area contributed by atoms with Crippen LogP contribution in [0.15, 0.2) is 48.7 Å². The molecule has 2 saturated heterocycles. The zero-order chi connectivity index (χ0) is 20.1. The fourth-order valence-corrected chi connectivity index (χ4v) is 4.46. The standard InChI is InChI=1S/C24H33N3O2/c1-20-8-9-23(25-16-20)24(28)10-13-26(14-11-24)18-22-19-27(12-5-15-29-22)17-21-6-3-2-4-7-21/h2-4,6-9,16,22,28H,5,10-15,17-19H2,1H3. The van der Waals surface area contributed by atoms with Crippen molar-refractivity contribution in [1.82, 2.24) is 14.8 Å². The number of pyridine rings is 1. The largest absolute Gasteiger partial charge is 0.383 e. The van der Waals surface area contributed by atoms with E-state index < -0.39 is 5.60 Å². The summed E-state index contributed by atoms with van der Waals surface area (Å²) in [5.41, 5.74) is 2.50. The van der Waals surface area contributed by atoms with Gasteiger partial charge in [0.05, 0.1) is 11.8 Å². The smallest absolute Gasteiger partial charge is 0.109 e. The van der Waals surface area contributed by atoms with Gasteiger partial charge in [0.25, 0.3) is 0 Å². The molecular formula is C24H33N3O2. The second-order valence-electron chi connectivity index (χ2n) is 8.62. The number of hydrogen-bond donors (Lipinski definition) is 1. The lowest BCUT2D eigenvalue weighted by Crippen LogP contribution is -2.47. The minimum absolute atomic E-state index is 0.227. The SMILES string of the molecule is Cc1ccc(C2(O)CCN(CC3CN(Cc4ccccc4)CCCO3)CC2)nc1. The van der Waals surface area contributed by atoms with Crippen LogP contribution in [0.25, 0.3) is 0 Å². The van der Waals surface area contributed by atoms with Gasteiger partial charge >= 0.3 is 0 Å². The van der Waals surface area contributed by atoms with E-state index in [0.29, 0.717) is 0 Å². The van der Waals surface area contributed by atoms with Gasteiger partial charge in [0.1, 0.15) is 5.60 Å². The fraction of sp³-hybridized carbons (Fsp3) is 0.542. The Bertz CT molecular complexity index is 757. The van der Waals surface area contributed by atoms with Crippen LogP contribution in [0.2, 0.25) is 0 Å². The van der Waals surface area contributed by atoms with Crippen molar-refractivity contribution in [3.05, 3.63) is 65.5 Å². The molecule has 5 nitrogen and oxygen atoms in total.